The van der Waals surface area contributed by atoms with Gasteiger partial charge >= 0.3 is 0 Å². The summed E-state index contributed by atoms with van der Waals surface area (Å²) in [6.45, 7) is 4.21. The minimum absolute atomic E-state index is 0. The molecule has 1 heterocycles. The molecule has 1 aliphatic carbocycles. The van der Waals surface area contributed by atoms with Crippen LogP contribution in [0.2, 0.25) is 0 Å². The number of aliphatic imine (C=N–C) groups is 1. The minimum atomic E-state index is -3.40. The summed E-state index contributed by atoms with van der Waals surface area (Å²) in [4.78, 5) is 5.54. The van der Waals surface area contributed by atoms with E-state index in [-0.39, 0.29) is 36.0 Å². The standard InChI is InChI=1S/C19H34N4O3S2.HI/c1-4-20-18(22-15-19(12-13-24)10-6-5-7-11-19)21-14-16-8-9-17(27-16)28(25,26)23(2)3;/h8-9,24H,4-7,10-15H2,1-3H3,(H2,20,21,22);1H. The number of aliphatic hydroxyl groups excluding tert-OH is 1. The zero-order valence-corrected chi connectivity index (χ0v) is 21.6. The number of rotatable bonds is 9. The van der Waals surface area contributed by atoms with Gasteiger partial charge in [0.05, 0.1) is 6.54 Å². The van der Waals surface area contributed by atoms with E-state index in [0.29, 0.717) is 10.8 Å². The predicted octanol–water partition coefficient (Wildman–Crippen LogP) is 3.00. The highest BCUT2D eigenvalue weighted by Gasteiger charge is 2.31. The molecule has 1 aromatic heterocycles. The quantitative estimate of drug-likeness (QED) is 0.246. The molecule has 10 heteroatoms. The number of sulfonamides is 1. The lowest BCUT2D eigenvalue weighted by molar-refractivity contribution is 0.131. The number of aliphatic hydroxyl groups is 1. The van der Waals surface area contributed by atoms with Gasteiger partial charge in [-0.15, -0.1) is 35.3 Å². The maximum absolute atomic E-state index is 12.2. The average molecular weight is 559 g/mol. The van der Waals surface area contributed by atoms with Crippen LogP contribution in [0.4, 0.5) is 0 Å². The van der Waals surface area contributed by atoms with Crippen LogP contribution in [0.15, 0.2) is 21.3 Å². The Morgan fingerprint density at radius 1 is 1.24 bits per heavy atom. The van der Waals surface area contributed by atoms with E-state index >= 15 is 0 Å². The molecule has 0 aromatic carbocycles. The van der Waals surface area contributed by atoms with Gasteiger partial charge in [0.15, 0.2) is 5.96 Å². The number of nitrogens with zero attached hydrogens (tertiary/aromatic N) is 2. The molecular formula is C19H35IN4O3S2. The first kappa shape index (κ1) is 26.6. The van der Waals surface area contributed by atoms with Gasteiger partial charge in [0, 0.05) is 38.7 Å². The van der Waals surface area contributed by atoms with Crippen LogP contribution in [-0.4, -0.2) is 57.6 Å². The van der Waals surface area contributed by atoms with Crippen molar-refractivity contribution in [2.45, 2.75) is 56.2 Å². The van der Waals surface area contributed by atoms with E-state index in [4.69, 9.17) is 0 Å². The highest BCUT2D eigenvalue weighted by atomic mass is 127. The third-order valence-corrected chi connectivity index (χ3v) is 8.65. The number of guanidine groups is 1. The van der Waals surface area contributed by atoms with Crippen molar-refractivity contribution >= 4 is 51.3 Å². The Bertz CT molecular complexity index is 739. The second kappa shape index (κ2) is 12.4. The lowest BCUT2D eigenvalue weighted by Gasteiger charge is -2.37. The highest BCUT2D eigenvalue weighted by molar-refractivity contribution is 14.0. The van der Waals surface area contributed by atoms with Crippen LogP contribution in [-0.2, 0) is 16.6 Å². The molecule has 2 rings (SSSR count). The largest absolute Gasteiger partial charge is 0.396 e. The number of thiophene rings is 1. The average Bonchev–Trinajstić information content (AvgIpc) is 3.15. The van der Waals surface area contributed by atoms with Gasteiger partial charge in [-0.1, -0.05) is 19.3 Å². The molecule has 1 aliphatic rings. The summed E-state index contributed by atoms with van der Waals surface area (Å²) in [5, 5.41) is 16.2. The Balaban J connectivity index is 0.00000420. The van der Waals surface area contributed by atoms with Crippen LogP contribution in [0, 0.1) is 5.41 Å². The smallest absolute Gasteiger partial charge is 0.252 e. The van der Waals surface area contributed by atoms with Crippen LogP contribution < -0.4 is 10.6 Å². The van der Waals surface area contributed by atoms with Gasteiger partial charge in [0.25, 0.3) is 10.0 Å². The van der Waals surface area contributed by atoms with E-state index < -0.39 is 10.0 Å². The van der Waals surface area contributed by atoms with E-state index in [2.05, 4.69) is 15.6 Å². The molecule has 29 heavy (non-hydrogen) atoms. The van der Waals surface area contributed by atoms with E-state index in [1.54, 1.807) is 6.07 Å². The summed E-state index contributed by atoms with van der Waals surface area (Å²) in [5.74, 6) is 0.732. The van der Waals surface area contributed by atoms with Gasteiger partial charge in [-0.05, 0) is 43.7 Å². The molecule has 0 spiro atoms. The van der Waals surface area contributed by atoms with Crippen molar-refractivity contribution in [3.8, 4) is 0 Å². The fraction of sp³-hybridized carbons (Fsp3) is 0.737. The molecule has 1 saturated carbocycles. The molecular weight excluding hydrogens is 523 g/mol. The lowest BCUT2D eigenvalue weighted by atomic mass is 9.72. The van der Waals surface area contributed by atoms with Crippen molar-refractivity contribution in [2.24, 2.45) is 10.4 Å². The van der Waals surface area contributed by atoms with E-state index in [1.807, 2.05) is 13.0 Å². The van der Waals surface area contributed by atoms with Gasteiger partial charge in [-0.2, -0.15) is 0 Å². The van der Waals surface area contributed by atoms with E-state index in [1.165, 1.54) is 49.0 Å². The highest BCUT2D eigenvalue weighted by Crippen LogP contribution is 2.38. The zero-order chi connectivity index (χ0) is 20.6. The summed E-state index contributed by atoms with van der Waals surface area (Å²) in [6, 6.07) is 3.46. The van der Waals surface area contributed by atoms with Gasteiger partial charge in [0.2, 0.25) is 0 Å². The maximum Gasteiger partial charge on any atom is 0.252 e. The van der Waals surface area contributed by atoms with Crippen LogP contribution in [0.25, 0.3) is 0 Å². The van der Waals surface area contributed by atoms with E-state index in [9.17, 15) is 13.5 Å². The predicted molar refractivity (Wildman–Crippen MR) is 131 cm³/mol. The number of halogens is 1. The Kier molecular flexibility index (Phi) is 11.4. The molecule has 0 unspecified atom stereocenters. The summed E-state index contributed by atoms with van der Waals surface area (Å²) in [5.41, 5.74) is 0.138. The number of nitrogens with one attached hydrogen (secondary N) is 2. The fourth-order valence-corrected chi connectivity index (χ4v) is 6.04. The molecule has 0 atom stereocenters. The molecule has 1 aromatic rings. The van der Waals surface area contributed by atoms with E-state index in [0.717, 1.165) is 43.2 Å². The van der Waals surface area contributed by atoms with Crippen molar-refractivity contribution in [1.82, 2.24) is 14.9 Å². The molecule has 0 radical (unpaired) electrons. The van der Waals surface area contributed by atoms with Crippen molar-refractivity contribution in [3.63, 3.8) is 0 Å². The van der Waals surface area contributed by atoms with Gasteiger partial charge in [-0.25, -0.2) is 17.7 Å². The zero-order valence-electron chi connectivity index (χ0n) is 17.6. The first-order valence-corrected chi connectivity index (χ1v) is 12.2. The summed E-state index contributed by atoms with van der Waals surface area (Å²) in [7, 11) is -0.325. The van der Waals surface area contributed by atoms with Gasteiger partial charge in [-0.3, -0.25) is 0 Å². The van der Waals surface area contributed by atoms with Crippen molar-refractivity contribution in [1.29, 1.82) is 0 Å². The topological polar surface area (TPSA) is 94.0 Å². The number of hydrogen-bond acceptors (Lipinski definition) is 5. The van der Waals surface area contributed by atoms with Crippen molar-refractivity contribution < 1.29 is 13.5 Å². The van der Waals surface area contributed by atoms with Crippen LogP contribution >= 0.6 is 35.3 Å². The second-order valence-electron chi connectivity index (χ2n) is 7.59. The van der Waals surface area contributed by atoms with Crippen LogP contribution in [0.1, 0.15) is 50.3 Å². The number of hydrogen-bond donors (Lipinski definition) is 3. The molecule has 3 N–H and O–H groups in total. The SMILES string of the molecule is CCNC(=NCc1ccc(S(=O)(=O)N(C)C)s1)NCC1(CCO)CCCCC1.I. The third kappa shape index (κ3) is 7.64. The maximum atomic E-state index is 12.2. The van der Waals surface area contributed by atoms with Gasteiger partial charge in [0.1, 0.15) is 4.21 Å². The van der Waals surface area contributed by atoms with Crippen molar-refractivity contribution in [2.75, 3.05) is 33.8 Å². The molecule has 0 amide bonds. The molecule has 0 saturated heterocycles. The van der Waals surface area contributed by atoms with Gasteiger partial charge < -0.3 is 15.7 Å². The summed E-state index contributed by atoms with van der Waals surface area (Å²) < 4.78 is 26.0. The summed E-state index contributed by atoms with van der Waals surface area (Å²) >= 11 is 1.26. The Hall–Kier alpha value is -0.430. The minimum Gasteiger partial charge on any atom is -0.396 e. The molecule has 7 nitrogen and oxygen atoms in total. The third-order valence-electron chi connectivity index (χ3n) is 5.30. The van der Waals surface area contributed by atoms with Crippen LogP contribution in [0.5, 0.6) is 0 Å². The summed E-state index contributed by atoms with van der Waals surface area (Å²) in [6.07, 6.45) is 6.79. The molecule has 1 fully saturated rings. The van der Waals surface area contributed by atoms with Crippen molar-refractivity contribution in [3.05, 3.63) is 17.0 Å². The fourth-order valence-electron chi connectivity index (χ4n) is 3.59. The monoisotopic (exact) mass is 558 g/mol. The Morgan fingerprint density at radius 2 is 1.93 bits per heavy atom. The normalized spacial score (nSPS) is 17.1. The first-order valence-electron chi connectivity index (χ1n) is 9.97. The Labute approximate surface area is 196 Å². The first-order chi connectivity index (χ1) is 13.3. The van der Waals surface area contributed by atoms with Crippen LogP contribution in [0.3, 0.4) is 0 Å². The lowest BCUT2D eigenvalue weighted by Crippen LogP contribution is -2.44. The Morgan fingerprint density at radius 3 is 2.52 bits per heavy atom. The molecule has 0 bridgehead atoms. The molecule has 0 aliphatic heterocycles. The second-order valence-corrected chi connectivity index (χ2v) is 11.1. The molecule has 168 valence electrons.